The van der Waals surface area contributed by atoms with Gasteiger partial charge in [-0.05, 0) is 54.6 Å². The SMILES string of the molecule is COc1ccc(C(=O)Nc2cccc(NC(=O)c3ccccc3Cl)c2)cc1. The number of carbonyl (C=O) groups excluding carboxylic acids is 2. The lowest BCUT2D eigenvalue weighted by Crippen LogP contribution is -2.14. The van der Waals surface area contributed by atoms with Gasteiger partial charge in [-0.25, -0.2) is 0 Å². The van der Waals surface area contributed by atoms with Crippen molar-refractivity contribution >= 4 is 34.8 Å². The number of hydrogen-bond acceptors (Lipinski definition) is 3. The summed E-state index contributed by atoms with van der Waals surface area (Å²) in [7, 11) is 1.57. The van der Waals surface area contributed by atoms with Crippen LogP contribution in [0.2, 0.25) is 5.02 Å². The molecule has 0 saturated heterocycles. The van der Waals surface area contributed by atoms with Gasteiger partial charge < -0.3 is 15.4 Å². The monoisotopic (exact) mass is 380 g/mol. The number of benzene rings is 3. The summed E-state index contributed by atoms with van der Waals surface area (Å²) in [6.07, 6.45) is 0. The van der Waals surface area contributed by atoms with Crippen LogP contribution in [0.15, 0.2) is 72.8 Å². The quantitative estimate of drug-likeness (QED) is 0.664. The second kappa shape index (κ2) is 8.38. The highest BCUT2D eigenvalue weighted by molar-refractivity contribution is 6.34. The highest BCUT2D eigenvalue weighted by Gasteiger charge is 2.11. The van der Waals surface area contributed by atoms with Gasteiger partial charge in [0.05, 0.1) is 17.7 Å². The Balaban J connectivity index is 1.70. The molecule has 6 heteroatoms. The molecular weight excluding hydrogens is 364 g/mol. The first-order valence-corrected chi connectivity index (χ1v) is 8.56. The van der Waals surface area contributed by atoms with Gasteiger partial charge in [-0.2, -0.15) is 0 Å². The third kappa shape index (κ3) is 4.65. The summed E-state index contributed by atoms with van der Waals surface area (Å²) in [5.74, 6) is 0.0993. The summed E-state index contributed by atoms with van der Waals surface area (Å²) >= 11 is 6.05. The molecule has 0 aliphatic heterocycles. The number of hydrogen-bond donors (Lipinski definition) is 2. The van der Waals surface area contributed by atoms with Gasteiger partial charge in [-0.15, -0.1) is 0 Å². The first kappa shape index (κ1) is 18.5. The Labute approximate surface area is 161 Å². The van der Waals surface area contributed by atoms with Gasteiger partial charge in [-0.3, -0.25) is 9.59 Å². The van der Waals surface area contributed by atoms with E-state index < -0.39 is 0 Å². The summed E-state index contributed by atoms with van der Waals surface area (Å²) in [5.41, 5.74) is 1.99. The summed E-state index contributed by atoms with van der Waals surface area (Å²) in [5, 5.41) is 5.95. The molecule has 0 radical (unpaired) electrons. The molecule has 5 nitrogen and oxygen atoms in total. The van der Waals surface area contributed by atoms with Crippen LogP contribution >= 0.6 is 11.6 Å². The topological polar surface area (TPSA) is 67.4 Å². The molecule has 2 amide bonds. The maximum Gasteiger partial charge on any atom is 0.257 e. The van der Waals surface area contributed by atoms with Crippen molar-refractivity contribution in [3.8, 4) is 5.75 Å². The van der Waals surface area contributed by atoms with E-state index >= 15 is 0 Å². The Hall–Kier alpha value is -3.31. The third-order valence-corrected chi connectivity index (χ3v) is 4.18. The first-order valence-electron chi connectivity index (χ1n) is 8.18. The molecule has 3 rings (SSSR count). The molecule has 0 heterocycles. The molecule has 0 fully saturated rings. The Morgan fingerprint density at radius 1 is 0.815 bits per heavy atom. The minimum Gasteiger partial charge on any atom is -0.497 e. The van der Waals surface area contributed by atoms with Gasteiger partial charge in [0.15, 0.2) is 0 Å². The maximum atomic E-state index is 12.4. The molecule has 0 unspecified atom stereocenters. The van der Waals surface area contributed by atoms with Crippen LogP contribution in [0.1, 0.15) is 20.7 Å². The Morgan fingerprint density at radius 3 is 2.07 bits per heavy atom. The van der Waals surface area contributed by atoms with Crippen molar-refractivity contribution in [2.24, 2.45) is 0 Å². The van der Waals surface area contributed by atoms with E-state index in [9.17, 15) is 9.59 Å². The molecule has 0 saturated carbocycles. The maximum absolute atomic E-state index is 12.4. The highest BCUT2D eigenvalue weighted by Crippen LogP contribution is 2.20. The highest BCUT2D eigenvalue weighted by atomic mass is 35.5. The van der Waals surface area contributed by atoms with Crippen molar-refractivity contribution in [3.05, 3.63) is 88.9 Å². The number of nitrogens with one attached hydrogen (secondary N) is 2. The lowest BCUT2D eigenvalue weighted by Gasteiger charge is -2.10. The largest absolute Gasteiger partial charge is 0.497 e. The number of rotatable bonds is 5. The fourth-order valence-electron chi connectivity index (χ4n) is 2.46. The molecule has 0 aromatic heterocycles. The Bertz CT molecular complexity index is 971. The van der Waals surface area contributed by atoms with Gasteiger partial charge >= 0.3 is 0 Å². The molecule has 0 aliphatic rings. The molecule has 0 bridgehead atoms. The van der Waals surface area contributed by atoms with Crippen LogP contribution in [0.3, 0.4) is 0 Å². The first-order chi connectivity index (χ1) is 13.1. The molecule has 0 atom stereocenters. The molecule has 0 spiro atoms. The minimum atomic E-state index is -0.320. The minimum absolute atomic E-state index is 0.257. The Kier molecular flexibility index (Phi) is 5.74. The molecule has 0 aliphatic carbocycles. The van der Waals surface area contributed by atoms with Crippen LogP contribution in [0.25, 0.3) is 0 Å². The van der Waals surface area contributed by atoms with E-state index in [-0.39, 0.29) is 11.8 Å². The van der Waals surface area contributed by atoms with Crippen LogP contribution in [-0.2, 0) is 0 Å². The number of anilines is 2. The van der Waals surface area contributed by atoms with Crippen molar-refractivity contribution < 1.29 is 14.3 Å². The number of halogens is 1. The molecule has 136 valence electrons. The van der Waals surface area contributed by atoms with Crippen LogP contribution < -0.4 is 15.4 Å². The van der Waals surface area contributed by atoms with Crippen LogP contribution in [-0.4, -0.2) is 18.9 Å². The molecular formula is C21H17ClN2O3. The molecule has 2 N–H and O–H groups in total. The predicted molar refractivity (Wildman–Crippen MR) is 107 cm³/mol. The van der Waals surface area contributed by atoms with Gasteiger partial charge in [0.2, 0.25) is 0 Å². The van der Waals surface area contributed by atoms with E-state index in [0.29, 0.717) is 33.3 Å². The lowest BCUT2D eigenvalue weighted by atomic mass is 10.2. The zero-order chi connectivity index (χ0) is 19.2. The van der Waals surface area contributed by atoms with E-state index in [4.69, 9.17) is 16.3 Å². The van der Waals surface area contributed by atoms with E-state index in [1.54, 1.807) is 79.9 Å². The van der Waals surface area contributed by atoms with Crippen LogP contribution in [0, 0.1) is 0 Å². The van der Waals surface area contributed by atoms with E-state index in [1.165, 1.54) is 0 Å². The van der Waals surface area contributed by atoms with Crippen LogP contribution in [0.5, 0.6) is 5.75 Å². The molecule has 3 aromatic carbocycles. The number of carbonyl (C=O) groups is 2. The smallest absolute Gasteiger partial charge is 0.257 e. The zero-order valence-electron chi connectivity index (χ0n) is 14.5. The van der Waals surface area contributed by atoms with Gasteiger partial charge in [0.25, 0.3) is 11.8 Å². The van der Waals surface area contributed by atoms with E-state index in [2.05, 4.69) is 10.6 Å². The summed E-state index contributed by atoms with van der Waals surface area (Å²) in [6.45, 7) is 0. The number of ether oxygens (including phenoxy) is 1. The zero-order valence-corrected chi connectivity index (χ0v) is 15.3. The van der Waals surface area contributed by atoms with Gasteiger partial charge in [0.1, 0.15) is 5.75 Å². The second-order valence-electron chi connectivity index (χ2n) is 5.70. The van der Waals surface area contributed by atoms with Crippen molar-refractivity contribution in [2.45, 2.75) is 0 Å². The third-order valence-electron chi connectivity index (χ3n) is 3.85. The van der Waals surface area contributed by atoms with Gasteiger partial charge in [0, 0.05) is 16.9 Å². The summed E-state index contributed by atoms with van der Waals surface area (Å²) < 4.78 is 5.08. The average Bonchev–Trinajstić information content (AvgIpc) is 2.68. The van der Waals surface area contributed by atoms with Crippen molar-refractivity contribution in [3.63, 3.8) is 0 Å². The second-order valence-corrected chi connectivity index (χ2v) is 6.10. The predicted octanol–water partition coefficient (Wildman–Crippen LogP) is 4.85. The van der Waals surface area contributed by atoms with Crippen molar-refractivity contribution in [1.82, 2.24) is 0 Å². The number of methoxy groups -OCH3 is 1. The normalized spacial score (nSPS) is 10.1. The summed E-state index contributed by atoms with van der Waals surface area (Å²) in [6, 6.07) is 20.5. The van der Waals surface area contributed by atoms with E-state index in [1.807, 2.05) is 0 Å². The van der Waals surface area contributed by atoms with Crippen molar-refractivity contribution in [1.29, 1.82) is 0 Å². The van der Waals surface area contributed by atoms with Crippen molar-refractivity contribution in [2.75, 3.05) is 17.7 Å². The fraction of sp³-hybridized carbons (Fsp3) is 0.0476. The fourth-order valence-corrected chi connectivity index (χ4v) is 2.69. The standard InChI is InChI=1S/C21H17ClN2O3/c1-27-17-11-9-14(10-12-17)20(25)23-15-5-4-6-16(13-15)24-21(26)18-7-2-3-8-19(18)22/h2-13H,1H3,(H,23,25)(H,24,26). The van der Waals surface area contributed by atoms with Crippen LogP contribution in [0.4, 0.5) is 11.4 Å². The molecule has 27 heavy (non-hydrogen) atoms. The van der Waals surface area contributed by atoms with E-state index in [0.717, 1.165) is 0 Å². The number of amides is 2. The summed E-state index contributed by atoms with van der Waals surface area (Å²) in [4.78, 5) is 24.7. The lowest BCUT2D eigenvalue weighted by molar-refractivity contribution is 0.101. The van der Waals surface area contributed by atoms with Gasteiger partial charge in [-0.1, -0.05) is 29.8 Å². The average molecular weight is 381 g/mol. The Morgan fingerprint density at radius 2 is 1.44 bits per heavy atom. The molecule has 3 aromatic rings.